The van der Waals surface area contributed by atoms with Crippen molar-refractivity contribution in [3.63, 3.8) is 0 Å². The lowest BCUT2D eigenvalue weighted by Gasteiger charge is -2.34. The number of aryl methyl sites for hydroxylation is 1. The Morgan fingerprint density at radius 3 is 2.89 bits per heavy atom. The molecule has 0 amide bonds. The van der Waals surface area contributed by atoms with Gasteiger partial charge in [-0.3, -0.25) is 9.69 Å². The molecule has 0 spiro atoms. The van der Waals surface area contributed by atoms with Gasteiger partial charge in [-0.1, -0.05) is 6.07 Å². The van der Waals surface area contributed by atoms with Gasteiger partial charge >= 0.3 is 5.97 Å². The summed E-state index contributed by atoms with van der Waals surface area (Å²) in [7, 11) is 0. The molecule has 1 aromatic rings. The summed E-state index contributed by atoms with van der Waals surface area (Å²) in [5.41, 5.74) is 1.87. The fourth-order valence-corrected chi connectivity index (χ4v) is 2.48. The number of carbonyl (C=O) groups is 1. The Balaban J connectivity index is 2.02. The smallest absolute Gasteiger partial charge is 0.309 e. The van der Waals surface area contributed by atoms with Gasteiger partial charge in [0.05, 0.1) is 12.0 Å². The average Bonchev–Trinajstić information content (AvgIpc) is 2.33. The molecule has 19 heavy (non-hydrogen) atoms. The predicted molar refractivity (Wildman–Crippen MR) is 68.2 cm³/mol. The van der Waals surface area contributed by atoms with Crippen LogP contribution in [0, 0.1) is 18.7 Å². The van der Waals surface area contributed by atoms with E-state index in [2.05, 4.69) is 0 Å². The summed E-state index contributed by atoms with van der Waals surface area (Å²) in [6.07, 6.45) is -0.440. The maximum absolute atomic E-state index is 13.2. The molecule has 2 atom stereocenters. The third-order valence-corrected chi connectivity index (χ3v) is 3.69. The van der Waals surface area contributed by atoms with Crippen molar-refractivity contribution < 1.29 is 19.4 Å². The molecule has 1 fully saturated rings. The first-order chi connectivity index (χ1) is 8.97. The second-order valence-electron chi connectivity index (χ2n) is 5.11. The van der Waals surface area contributed by atoms with Crippen LogP contribution in [0.25, 0.3) is 0 Å². The third-order valence-electron chi connectivity index (χ3n) is 3.69. The lowest BCUT2D eigenvalue weighted by Crippen LogP contribution is -2.46. The minimum absolute atomic E-state index is 0.276. The number of hydrogen-bond acceptors (Lipinski definition) is 3. The molecule has 0 unspecified atom stereocenters. The Morgan fingerprint density at radius 2 is 2.26 bits per heavy atom. The van der Waals surface area contributed by atoms with Gasteiger partial charge in [-0.2, -0.15) is 0 Å². The summed E-state index contributed by atoms with van der Waals surface area (Å²) in [5, 5.41) is 18.8. The van der Waals surface area contributed by atoms with Crippen molar-refractivity contribution in [2.75, 3.05) is 13.1 Å². The highest BCUT2D eigenvalue weighted by Crippen LogP contribution is 2.21. The number of aliphatic hydroxyl groups excluding tert-OH is 1. The molecule has 1 saturated heterocycles. The largest absolute Gasteiger partial charge is 0.481 e. The first kappa shape index (κ1) is 14.0. The maximum Gasteiger partial charge on any atom is 0.309 e. The number of piperidine rings is 1. The summed E-state index contributed by atoms with van der Waals surface area (Å²) in [6.45, 7) is 3.36. The molecule has 104 valence electrons. The minimum atomic E-state index is -0.950. The number of nitrogens with zero attached hydrogens (tertiary/aromatic N) is 1. The van der Waals surface area contributed by atoms with Crippen LogP contribution in [0.3, 0.4) is 0 Å². The molecule has 2 rings (SSSR count). The van der Waals surface area contributed by atoms with Gasteiger partial charge in [0.1, 0.15) is 5.82 Å². The van der Waals surface area contributed by atoms with Crippen LogP contribution in [0.4, 0.5) is 4.39 Å². The first-order valence-electron chi connectivity index (χ1n) is 6.35. The van der Waals surface area contributed by atoms with Crippen LogP contribution in [-0.4, -0.2) is 40.3 Å². The molecule has 2 N–H and O–H groups in total. The highest BCUT2D eigenvalue weighted by Gasteiger charge is 2.32. The van der Waals surface area contributed by atoms with E-state index in [1.807, 2.05) is 11.8 Å². The van der Waals surface area contributed by atoms with E-state index in [0.29, 0.717) is 26.1 Å². The predicted octanol–water partition coefficient (Wildman–Crippen LogP) is 1.40. The van der Waals surface area contributed by atoms with Crippen molar-refractivity contribution in [2.45, 2.75) is 26.0 Å². The molecule has 4 nitrogen and oxygen atoms in total. The monoisotopic (exact) mass is 267 g/mol. The standard InChI is InChI=1S/C14H18FNO3/c1-9-2-3-11(15)6-10(9)7-16-5-4-12(14(18)19)13(17)8-16/h2-3,6,12-13,17H,4-5,7-8H2,1H3,(H,18,19)/t12-,13+/m0/s1. The molecule has 1 aliphatic rings. The quantitative estimate of drug-likeness (QED) is 0.869. The zero-order valence-corrected chi connectivity index (χ0v) is 10.8. The van der Waals surface area contributed by atoms with Gasteiger partial charge < -0.3 is 10.2 Å². The fraction of sp³-hybridized carbons (Fsp3) is 0.500. The third kappa shape index (κ3) is 3.30. The van der Waals surface area contributed by atoms with Crippen LogP contribution in [0.2, 0.25) is 0 Å². The molecule has 5 heteroatoms. The van der Waals surface area contributed by atoms with Crippen LogP contribution < -0.4 is 0 Å². The van der Waals surface area contributed by atoms with Crippen molar-refractivity contribution in [1.82, 2.24) is 4.90 Å². The van der Waals surface area contributed by atoms with Gasteiger partial charge in [0, 0.05) is 13.1 Å². The minimum Gasteiger partial charge on any atom is -0.481 e. The van der Waals surface area contributed by atoms with Gasteiger partial charge in [0.15, 0.2) is 0 Å². The van der Waals surface area contributed by atoms with Crippen LogP contribution in [0.5, 0.6) is 0 Å². The molecule has 0 bridgehead atoms. The van der Waals surface area contributed by atoms with Crippen molar-refractivity contribution in [1.29, 1.82) is 0 Å². The summed E-state index contributed by atoms with van der Waals surface area (Å²) in [4.78, 5) is 12.9. The number of hydrogen-bond donors (Lipinski definition) is 2. The van der Waals surface area contributed by atoms with Gasteiger partial charge in [0.2, 0.25) is 0 Å². The molecule has 0 saturated carbocycles. The van der Waals surface area contributed by atoms with Gasteiger partial charge in [0.25, 0.3) is 0 Å². The van der Waals surface area contributed by atoms with Crippen LogP contribution >= 0.6 is 0 Å². The number of likely N-dealkylation sites (tertiary alicyclic amines) is 1. The molecular weight excluding hydrogens is 249 g/mol. The number of aliphatic carboxylic acids is 1. The normalized spacial score (nSPS) is 24.4. The summed E-state index contributed by atoms with van der Waals surface area (Å²) in [6, 6.07) is 4.64. The molecule has 1 heterocycles. The van der Waals surface area contributed by atoms with Crippen LogP contribution in [0.15, 0.2) is 18.2 Å². The van der Waals surface area contributed by atoms with E-state index in [4.69, 9.17) is 5.11 Å². The Labute approximate surface area is 111 Å². The van der Waals surface area contributed by atoms with Crippen LogP contribution in [-0.2, 0) is 11.3 Å². The molecule has 1 aliphatic heterocycles. The van der Waals surface area contributed by atoms with Crippen LogP contribution in [0.1, 0.15) is 17.5 Å². The number of β-amino-alcohol motifs (C(OH)–C–C–N with tert-alkyl or cyclic N) is 1. The second-order valence-corrected chi connectivity index (χ2v) is 5.11. The number of carboxylic acids is 1. The fourth-order valence-electron chi connectivity index (χ4n) is 2.48. The Kier molecular flexibility index (Phi) is 4.17. The lowest BCUT2D eigenvalue weighted by atomic mass is 9.93. The highest BCUT2D eigenvalue weighted by molar-refractivity contribution is 5.70. The van der Waals surface area contributed by atoms with Gasteiger partial charge in [-0.25, -0.2) is 4.39 Å². The molecular formula is C14H18FNO3. The summed E-state index contributed by atoms with van der Waals surface area (Å²) in [5.74, 6) is -1.92. The zero-order valence-electron chi connectivity index (χ0n) is 10.8. The number of aliphatic hydroxyl groups is 1. The van der Waals surface area contributed by atoms with E-state index in [1.54, 1.807) is 6.07 Å². The number of carboxylic acid groups (broad SMARTS) is 1. The SMILES string of the molecule is Cc1ccc(F)cc1CN1CC[C@H](C(=O)O)[C@H](O)C1. The average molecular weight is 267 g/mol. The van der Waals surface area contributed by atoms with Crippen molar-refractivity contribution in [3.05, 3.63) is 35.1 Å². The Morgan fingerprint density at radius 1 is 1.53 bits per heavy atom. The second kappa shape index (κ2) is 5.67. The summed E-state index contributed by atoms with van der Waals surface area (Å²) >= 11 is 0. The van der Waals surface area contributed by atoms with E-state index < -0.39 is 18.0 Å². The van der Waals surface area contributed by atoms with Crippen molar-refractivity contribution in [2.24, 2.45) is 5.92 Å². The molecule has 0 aromatic heterocycles. The number of benzene rings is 1. The first-order valence-corrected chi connectivity index (χ1v) is 6.35. The lowest BCUT2D eigenvalue weighted by molar-refractivity contribution is -0.148. The van der Waals surface area contributed by atoms with E-state index >= 15 is 0 Å². The zero-order chi connectivity index (χ0) is 14.0. The Hall–Kier alpha value is -1.46. The van der Waals surface area contributed by atoms with E-state index in [9.17, 15) is 14.3 Å². The molecule has 0 aliphatic carbocycles. The van der Waals surface area contributed by atoms with Crippen molar-refractivity contribution in [3.8, 4) is 0 Å². The Bertz CT molecular complexity index is 478. The maximum atomic E-state index is 13.2. The molecule has 1 aromatic carbocycles. The van der Waals surface area contributed by atoms with E-state index in [1.165, 1.54) is 12.1 Å². The van der Waals surface area contributed by atoms with Gasteiger partial charge in [-0.15, -0.1) is 0 Å². The number of rotatable bonds is 3. The number of halogens is 1. The highest BCUT2D eigenvalue weighted by atomic mass is 19.1. The van der Waals surface area contributed by atoms with E-state index in [0.717, 1.165) is 11.1 Å². The van der Waals surface area contributed by atoms with E-state index in [-0.39, 0.29) is 5.82 Å². The van der Waals surface area contributed by atoms with Crippen molar-refractivity contribution >= 4 is 5.97 Å². The topological polar surface area (TPSA) is 60.8 Å². The summed E-state index contributed by atoms with van der Waals surface area (Å²) < 4.78 is 13.2. The molecule has 0 radical (unpaired) electrons. The van der Waals surface area contributed by atoms with Gasteiger partial charge in [-0.05, 0) is 43.1 Å².